The van der Waals surface area contributed by atoms with E-state index >= 15 is 0 Å². The first-order valence-electron chi connectivity index (χ1n) is 14.4. The van der Waals surface area contributed by atoms with Crippen molar-refractivity contribution < 1.29 is 45.5 Å². The van der Waals surface area contributed by atoms with Gasteiger partial charge in [-0.15, -0.1) is 5.57 Å². The van der Waals surface area contributed by atoms with E-state index in [1.165, 1.54) is 15.8 Å². The number of allylic oxidation sites excluding steroid dienone is 2. The number of hydrogen-bond donors (Lipinski definition) is 2. The van der Waals surface area contributed by atoms with Crippen molar-refractivity contribution in [2.24, 2.45) is 17.6 Å². The van der Waals surface area contributed by atoms with Gasteiger partial charge >= 0.3 is 31.1 Å². The van der Waals surface area contributed by atoms with E-state index in [4.69, 9.17) is 5.73 Å². The number of nitrogens with zero attached hydrogens (tertiary/aromatic N) is 5. The summed E-state index contributed by atoms with van der Waals surface area (Å²) >= 11 is 0. The first-order chi connectivity index (χ1) is 20.1. The third-order valence-corrected chi connectivity index (χ3v) is 7.85. The molecule has 2 unspecified atom stereocenters. The second-order valence-corrected chi connectivity index (χ2v) is 11.5. The average molecular weight is 806 g/mol. The molecule has 10 nitrogen and oxygen atoms in total. The largest absolute Gasteiger partial charge is 2.00 e. The van der Waals surface area contributed by atoms with Crippen LogP contribution in [0.3, 0.4) is 0 Å². The fraction of sp³-hybridized carbons (Fsp3) is 0.375. The molecule has 1 aliphatic carbocycles. The second-order valence-electron chi connectivity index (χ2n) is 11.5. The number of carbonyl (C=O) groups is 3. The summed E-state index contributed by atoms with van der Waals surface area (Å²) in [5, 5.41) is 15.8. The van der Waals surface area contributed by atoms with Gasteiger partial charge in [-0.05, 0) is 48.1 Å². The molecule has 0 saturated carbocycles. The van der Waals surface area contributed by atoms with E-state index in [1.54, 1.807) is 17.3 Å². The molecule has 1 aromatic carbocycles. The maximum absolute atomic E-state index is 13.7. The quantitative estimate of drug-likeness (QED) is 0.317. The Morgan fingerprint density at radius 3 is 2.65 bits per heavy atom. The number of nitrogens with one attached hydrogen (secondary N) is 1. The van der Waals surface area contributed by atoms with Gasteiger partial charge in [0, 0.05) is 17.5 Å². The summed E-state index contributed by atoms with van der Waals surface area (Å²) in [6.07, 6.45) is 13.1. The first-order valence-corrected chi connectivity index (χ1v) is 14.4. The molecule has 2 aromatic heterocycles. The molecule has 5 rings (SSSR count). The van der Waals surface area contributed by atoms with E-state index in [-0.39, 0.29) is 67.1 Å². The Labute approximate surface area is 275 Å². The summed E-state index contributed by atoms with van der Waals surface area (Å²) in [5.74, 6) is -0.599. The summed E-state index contributed by atoms with van der Waals surface area (Å²) in [6.45, 7) is 8.68. The topological polar surface area (TPSA) is 136 Å². The third-order valence-electron chi connectivity index (χ3n) is 7.85. The Balaban J connectivity index is 0.00000423. The Bertz CT molecular complexity index is 1560. The summed E-state index contributed by atoms with van der Waals surface area (Å²) in [5.41, 5.74) is 10.3. The number of benzene rings is 1. The van der Waals surface area contributed by atoms with Crippen LogP contribution in [0.25, 0.3) is 22.0 Å². The van der Waals surface area contributed by atoms with Gasteiger partial charge in [-0.1, -0.05) is 32.9 Å². The second kappa shape index (κ2) is 13.9. The number of amides is 3. The molecule has 222 valence electrons. The van der Waals surface area contributed by atoms with Gasteiger partial charge in [0.2, 0.25) is 11.8 Å². The van der Waals surface area contributed by atoms with Crippen LogP contribution in [0.4, 0.5) is 0 Å². The third kappa shape index (κ3) is 7.22. The molecule has 0 spiro atoms. The van der Waals surface area contributed by atoms with Crippen LogP contribution in [0.1, 0.15) is 51.0 Å². The predicted octanol–water partition coefficient (Wildman–Crippen LogP) is 3.65. The number of fused-ring (bicyclic) bond motifs is 1. The van der Waals surface area contributed by atoms with Gasteiger partial charge in [-0.3, -0.25) is 19.1 Å². The number of nitrogens with two attached hydrogens (primary N) is 1. The van der Waals surface area contributed by atoms with Crippen molar-refractivity contribution in [1.29, 1.82) is 0 Å². The molecule has 3 atom stereocenters. The van der Waals surface area contributed by atoms with Crippen LogP contribution in [0.5, 0.6) is 0 Å². The zero-order valence-corrected chi connectivity index (χ0v) is 29.1. The average Bonchev–Trinajstić information content (AvgIpc) is 3.54. The van der Waals surface area contributed by atoms with Crippen LogP contribution >= 0.6 is 0 Å². The van der Waals surface area contributed by atoms with Crippen molar-refractivity contribution >= 4 is 28.6 Å². The van der Waals surface area contributed by atoms with Crippen LogP contribution in [0.15, 0.2) is 60.0 Å². The zero-order valence-electron chi connectivity index (χ0n) is 24.9. The van der Waals surface area contributed by atoms with E-state index < -0.39 is 11.9 Å². The van der Waals surface area contributed by atoms with Crippen molar-refractivity contribution in [3.05, 3.63) is 78.5 Å². The van der Waals surface area contributed by atoms with Crippen LogP contribution in [-0.2, 0) is 16.1 Å². The van der Waals surface area contributed by atoms with Crippen molar-refractivity contribution in [2.75, 3.05) is 6.54 Å². The van der Waals surface area contributed by atoms with Gasteiger partial charge in [0.15, 0.2) is 5.69 Å². The van der Waals surface area contributed by atoms with Crippen LogP contribution in [0.2, 0.25) is 0 Å². The van der Waals surface area contributed by atoms with Gasteiger partial charge in [0.25, 0.3) is 5.91 Å². The molecular weight excluding hydrogens is 768 g/mol. The molecule has 43 heavy (non-hydrogen) atoms. The van der Waals surface area contributed by atoms with Crippen molar-refractivity contribution in [1.82, 2.24) is 30.2 Å². The maximum Gasteiger partial charge on any atom is 2.00 e. The number of likely N-dealkylation sites (tertiary alicyclic amines) is 1. The first kappa shape index (κ1) is 32.5. The van der Waals surface area contributed by atoms with E-state index in [1.807, 2.05) is 38.1 Å². The Kier molecular flexibility index (Phi) is 10.5. The van der Waals surface area contributed by atoms with E-state index in [9.17, 15) is 14.4 Å². The zero-order chi connectivity index (χ0) is 30.0. The molecule has 3 amide bonds. The summed E-state index contributed by atoms with van der Waals surface area (Å²) in [6, 6.07) is 6.49. The normalized spacial score (nSPS) is 19.8. The SMILES string of the molecule is C[CH-]CC1=CC(C(C)C)=C[C@@H](NC(=O)C2CC(C)CN2C(=O)Cn2nc(C(N)=O)c3cc(-c4ccnnc4)ccc32)[CH-]1.[U+2]. The van der Waals surface area contributed by atoms with Crippen molar-refractivity contribution in [2.45, 2.75) is 59.2 Å². The van der Waals surface area contributed by atoms with E-state index in [0.717, 1.165) is 17.5 Å². The summed E-state index contributed by atoms with van der Waals surface area (Å²) in [7, 11) is 0. The molecule has 0 bridgehead atoms. The van der Waals surface area contributed by atoms with Gasteiger partial charge in [0.1, 0.15) is 12.6 Å². The fourth-order valence-electron chi connectivity index (χ4n) is 5.77. The van der Waals surface area contributed by atoms with Crippen molar-refractivity contribution in [3.8, 4) is 11.1 Å². The molecule has 2 aliphatic rings. The van der Waals surface area contributed by atoms with Gasteiger partial charge in [-0.2, -0.15) is 28.6 Å². The minimum Gasteiger partial charge on any atom is -0.364 e. The molecule has 3 aromatic rings. The van der Waals surface area contributed by atoms with Gasteiger partial charge in [-0.25, -0.2) is 18.1 Å². The van der Waals surface area contributed by atoms with Gasteiger partial charge in [0.05, 0.1) is 17.9 Å². The summed E-state index contributed by atoms with van der Waals surface area (Å²) < 4.78 is 1.50. The number of aromatic nitrogens is 4. The standard InChI is InChI=1S/C32H37N7O3.U/c1-5-6-21-12-24(19(2)3)14-25(13-21)36-32(42)28-11-20(4)17-38(28)29(40)18-39-27-8-7-22(23-9-10-34-35-16-23)15-26(27)30(37-39)31(33)41;/h5,7-10,12-16,19-20,25,28H,6,11,17-18H2,1-4H3,(H2,33,41)(H,36,42);/q-2;+2/t20?,25-,28?;/m0./s1. The molecule has 1 fully saturated rings. The molecule has 3 heterocycles. The minimum absolute atomic E-state index is 0. The molecule has 1 aliphatic heterocycles. The molecular formula is C32H37N7O3U. The molecule has 11 heteroatoms. The minimum atomic E-state index is -0.685. The van der Waals surface area contributed by atoms with Gasteiger partial charge < -0.3 is 22.4 Å². The van der Waals surface area contributed by atoms with E-state index in [0.29, 0.717) is 29.8 Å². The number of carbonyl (C=O) groups excluding carboxylic acids is 3. The Morgan fingerprint density at radius 2 is 1.98 bits per heavy atom. The predicted molar refractivity (Wildman–Crippen MR) is 160 cm³/mol. The molecule has 0 radical (unpaired) electrons. The Hall–Kier alpha value is -3.42. The summed E-state index contributed by atoms with van der Waals surface area (Å²) in [4.78, 5) is 41.2. The van der Waals surface area contributed by atoms with Crippen LogP contribution < -0.4 is 11.1 Å². The Morgan fingerprint density at radius 1 is 1.19 bits per heavy atom. The number of rotatable bonds is 9. The molecule has 3 N–H and O–H groups in total. The van der Waals surface area contributed by atoms with Crippen LogP contribution in [-0.4, -0.2) is 61.2 Å². The van der Waals surface area contributed by atoms with E-state index in [2.05, 4.69) is 59.5 Å². The monoisotopic (exact) mass is 805 g/mol. The fourth-order valence-corrected chi connectivity index (χ4v) is 5.77. The smallest absolute Gasteiger partial charge is 0.364 e. The molecule has 1 saturated heterocycles. The van der Waals surface area contributed by atoms with Crippen molar-refractivity contribution in [3.63, 3.8) is 0 Å². The number of primary amides is 1. The maximum atomic E-state index is 13.7. The number of hydrogen-bond acceptors (Lipinski definition) is 6. The van der Waals surface area contributed by atoms with Crippen LogP contribution in [0, 0.1) is 55.8 Å².